The molecule has 0 aliphatic rings. The van der Waals surface area contributed by atoms with Gasteiger partial charge in [-0.25, -0.2) is 0 Å². The molecule has 0 saturated heterocycles. The monoisotopic (exact) mass is 270 g/mol. The van der Waals surface area contributed by atoms with Crippen LogP contribution < -0.4 is 25.7 Å². The molecular weight excluding hydrogens is 248 g/mol. The van der Waals surface area contributed by atoms with E-state index in [4.69, 9.17) is 25.7 Å². The Hall–Kier alpha value is -1.50. The number of rotatable bonds is 7. The van der Waals surface area contributed by atoms with Crippen molar-refractivity contribution in [2.45, 2.75) is 18.6 Å². The minimum absolute atomic E-state index is 0.411. The molecule has 2 atom stereocenters. The highest BCUT2D eigenvalue weighted by Crippen LogP contribution is 2.42. The maximum atomic E-state index is 10.3. The molecular formula is C13H22N2O4. The third-order valence-corrected chi connectivity index (χ3v) is 2.96. The summed E-state index contributed by atoms with van der Waals surface area (Å²) >= 11 is 0. The van der Waals surface area contributed by atoms with Gasteiger partial charge in [-0.3, -0.25) is 0 Å². The third-order valence-electron chi connectivity index (χ3n) is 2.96. The van der Waals surface area contributed by atoms with Gasteiger partial charge in [-0.1, -0.05) is 0 Å². The van der Waals surface area contributed by atoms with Crippen molar-refractivity contribution in [1.29, 1.82) is 0 Å². The van der Waals surface area contributed by atoms with Crippen LogP contribution in [0, 0.1) is 0 Å². The smallest absolute Gasteiger partial charge is 0.203 e. The van der Waals surface area contributed by atoms with Gasteiger partial charge in [0.05, 0.1) is 27.4 Å². The van der Waals surface area contributed by atoms with E-state index in [2.05, 4.69) is 0 Å². The molecule has 6 nitrogen and oxygen atoms in total. The molecule has 0 saturated carbocycles. The van der Waals surface area contributed by atoms with E-state index in [1.165, 1.54) is 21.3 Å². The van der Waals surface area contributed by atoms with Crippen LogP contribution in [0.15, 0.2) is 12.1 Å². The van der Waals surface area contributed by atoms with E-state index >= 15 is 0 Å². The normalized spacial score (nSPS) is 13.8. The Morgan fingerprint density at radius 2 is 1.74 bits per heavy atom. The van der Waals surface area contributed by atoms with Crippen LogP contribution >= 0.6 is 0 Å². The largest absolute Gasteiger partial charge is 0.493 e. The lowest BCUT2D eigenvalue weighted by molar-refractivity contribution is 0.138. The van der Waals surface area contributed by atoms with E-state index < -0.39 is 12.1 Å². The lowest BCUT2D eigenvalue weighted by atomic mass is 9.99. The summed E-state index contributed by atoms with van der Waals surface area (Å²) in [5, 5.41) is 10.3. The molecule has 0 radical (unpaired) electrons. The summed E-state index contributed by atoms with van der Waals surface area (Å²) in [4.78, 5) is 0. The average Bonchev–Trinajstić information content (AvgIpc) is 2.44. The van der Waals surface area contributed by atoms with Gasteiger partial charge in [0.1, 0.15) is 0 Å². The highest BCUT2D eigenvalue weighted by molar-refractivity contribution is 5.56. The second kappa shape index (κ2) is 7.18. The predicted octanol–water partition coefficient (Wildman–Crippen LogP) is 0.422. The molecule has 0 aliphatic carbocycles. The van der Waals surface area contributed by atoms with Gasteiger partial charge in [-0.05, 0) is 25.1 Å². The Labute approximate surface area is 113 Å². The zero-order chi connectivity index (χ0) is 14.4. The molecule has 0 fully saturated rings. The van der Waals surface area contributed by atoms with Crippen molar-refractivity contribution in [1.82, 2.24) is 0 Å². The zero-order valence-corrected chi connectivity index (χ0v) is 11.6. The summed E-state index contributed by atoms with van der Waals surface area (Å²) in [5.74, 6) is 1.38. The minimum atomic E-state index is -0.877. The summed E-state index contributed by atoms with van der Waals surface area (Å²) in [6.07, 6.45) is -0.364. The fourth-order valence-electron chi connectivity index (χ4n) is 1.94. The molecule has 5 N–H and O–H groups in total. The SMILES string of the molecule is COc1ccc(C(O)C(N)CCN)c(OC)c1OC. The number of benzene rings is 1. The molecule has 0 aromatic heterocycles. The van der Waals surface area contributed by atoms with E-state index in [1.54, 1.807) is 12.1 Å². The molecule has 0 heterocycles. The van der Waals surface area contributed by atoms with Gasteiger partial charge < -0.3 is 30.8 Å². The van der Waals surface area contributed by atoms with Crippen LogP contribution in [-0.2, 0) is 0 Å². The first-order valence-corrected chi connectivity index (χ1v) is 6.03. The van der Waals surface area contributed by atoms with Gasteiger partial charge in [0.2, 0.25) is 5.75 Å². The Bertz CT molecular complexity index is 412. The summed E-state index contributed by atoms with van der Waals surface area (Å²) in [6.45, 7) is 0.411. The number of hydrogen-bond donors (Lipinski definition) is 3. The summed E-state index contributed by atoms with van der Waals surface area (Å²) in [6, 6.07) is 2.95. The van der Waals surface area contributed by atoms with Crippen molar-refractivity contribution >= 4 is 0 Å². The number of methoxy groups -OCH3 is 3. The van der Waals surface area contributed by atoms with E-state index in [9.17, 15) is 5.11 Å². The van der Waals surface area contributed by atoms with Gasteiger partial charge in [0.15, 0.2) is 11.5 Å². The van der Waals surface area contributed by atoms with Crippen molar-refractivity contribution in [3.8, 4) is 17.2 Å². The van der Waals surface area contributed by atoms with Crippen molar-refractivity contribution in [3.05, 3.63) is 17.7 Å². The summed E-state index contributed by atoms with van der Waals surface area (Å²) in [7, 11) is 4.55. The molecule has 0 aliphatic heterocycles. The average molecular weight is 270 g/mol. The van der Waals surface area contributed by atoms with E-state index in [0.717, 1.165) is 0 Å². The summed E-state index contributed by atoms with van der Waals surface area (Å²) in [5.41, 5.74) is 11.9. The number of aliphatic hydroxyl groups excluding tert-OH is 1. The molecule has 19 heavy (non-hydrogen) atoms. The lowest BCUT2D eigenvalue weighted by Crippen LogP contribution is -2.31. The van der Waals surface area contributed by atoms with Crippen LogP contribution in [0.5, 0.6) is 17.2 Å². The fraction of sp³-hybridized carbons (Fsp3) is 0.538. The van der Waals surface area contributed by atoms with Crippen LogP contribution in [0.1, 0.15) is 18.1 Å². The molecule has 6 heteroatoms. The highest BCUT2D eigenvalue weighted by atomic mass is 16.5. The zero-order valence-electron chi connectivity index (χ0n) is 11.6. The molecule has 1 aromatic carbocycles. The van der Waals surface area contributed by atoms with Gasteiger partial charge in [-0.15, -0.1) is 0 Å². The number of ether oxygens (including phenoxy) is 3. The lowest BCUT2D eigenvalue weighted by Gasteiger charge is -2.22. The first-order chi connectivity index (χ1) is 9.10. The first kappa shape index (κ1) is 15.6. The second-order valence-corrected chi connectivity index (χ2v) is 4.11. The quantitative estimate of drug-likeness (QED) is 0.664. The van der Waals surface area contributed by atoms with Gasteiger partial charge >= 0.3 is 0 Å². The maximum Gasteiger partial charge on any atom is 0.203 e. The van der Waals surface area contributed by atoms with Crippen LogP contribution in [0.25, 0.3) is 0 Å². The maximum absolute atomic E-state index is 10.3. The van der Waals surface area contributed by atoms with Crippen LogP contribution in [0.2, 0.25) is 0 Å². The van der Waals surface area contributed by atoms with Crippen molar-refractivity contribution in [2.75, 3.05) is 27.9 Å². The Morgan fingerprint density at radius 3 is 2.21 bits per heavy atom. The Balaban J connectivity index is 3.20. The molecule has 1 aromatic rings. The molecule has 108 valence electrons. The van der Waals surface area contributed by atoms with E-state index in [-0.39, 0.29) is 0 Å². The number of hydrogen-bond acceptors (Lipinski definition) is 6. The van der Waals surface area contributed by atoms with Crippen molar-refractivity contribution < 1.29 is 19.3 Å². The second-order valence-electron chi connectivity index (χ2n) is 4.11. The third kappa shape index (κ3) is 3.28. The first-order valence-electron chi connectivity index (χ1n) is 6.03. The van der Waals surface area contributed by atoms with Crippen molar-refractivity contribution in [2.24, 2.45) is 11.5 Å². The fourth-order valence-corrected chi connectivity index (χ4v) is 1.94. The van der Waals surface area contributed by atoms with Gasteiger partial charge in [0, 0.05) is 11.6 Å². The van der Waals surface area contributed by atoms with Crippen LogP contribution in [0.4, 0.5) is 0 Å². The Morgan fingerprint density at radius 1 is 1.11 bits per heavy atom. The van der Waals surface area contributed by atoms with E-state index in [0.29, 0.717) is 35.8 Å². The van der Waals surface area contributed by atoms with Crippen LogP contribution in [0.3, 0.4) is 0 Å². The molecule has 0 amide bonds. The summed E-state index contributed by atoms with van der Waals surface area (Å²) < 4.78 is 15.8. The van der Waals surface area contributed by atoms with Crippen molar-refractivity contribution in [3.63, 3.8) is 0 Å². The highest BCUT2D eigenvalue weighted by Gasteiger charge is 2.24. The van der Waals surface area contributed by atoms with Crippen LogP contribution in [-0.4, -0.2) is 39.0 Å². The van der Waals surface area contributed by atoms with Gasteiger partial charge in [-0.2, -0.15) is 0 Å². The topological polar surface area (TPSA) is 100.0 Å². The standard InChI is InChI=1S/C13H22N2O4/c1-17-10-5-4-8(11(16)9(15)6-7-14)12(18-2)13(10)19-3/h4-5,9,11,16H,6-7,14-15H2,1-3H3. The number of nitrogens with two attached hydrogens (primary N) is 2. The van der Waals surface area contributed by atoms with E-state index in [1.807, 2.05) is 0 Å². The molecule has 0 spiro atoms. The minimum Gasteiger partial charge on any atom is -0.493 e. The van der Waals surface area contributed by atoms with Gasteiger partial charge in [0.25, 0.3) is 0 Å². The molecule has 0 bridgehead atoms. The Kier molecular flexibility index (Phi) is 5.88. The molecule has 2 unspecified atom stereocenters. The molecule has 1 rings (SSSR count). The number of aliphatic hydroxyl groups is 1. The predicted molar refractivity (Wildman–Crippen MR) is 72.7 cm³/mol.